The van der Waals surface area contributed by atoms with Gasteiger partial charge in [0.2, 0.25) is 5.95 Å². The van der Waals surface area contributed by atoms with E-state index in [-0.39, 0.29) is 17.1 Å². The van der Waals surface area contributed by atoms with Gasteiger partial charge >= 0.3 is 6.09 Å². The number of carbonyl (C=O) groups is 1. The van der Waals surface area contributed by atoms with Crippen LogP contribution in [0, 0.1) is 0 Å². The van der Waals surface area contributed by atoms with Crippen LogP contribution in [-0.4, -0.2) is 50.6 Å². The Morgan fingerprint density at radius 3 is 2.63 bits per heavy atom. The topological polar surface area (TPSA) is 105 Å². The molecule has 1 saturated heterocycles. The molecule has 0 saturated carbocycles. The van der Waals surface area contributed by atoms with Gasteiger partial charge in [0.15, 0.2) is 5.65 Å². The van der Waals surface area contributed by atoms with E-state index in [0.717, 1.165) is 6.42 Å². The average molecular weight is 376 g/mol. The second-order valence-corrected chi connectivity index (χ2v) is 8.93. The Morgan fingerprint density at radius 1 is 1.30 bits per heavy atom. The van der Waals surface area contributed by atoms with Gasteiger partial charge in [-0.1, -0.05) is 0 Å². The van der Waals surface area contributed by atoms with E-state index >= 15 is 0 Å². The van der Waals surface area contributed by atoms with E-state index in [1.165, 1.54) is 0 Å². The molecule has 3 heterocycles. The Kier molecular flexibility index (Phi) is 4.65. The molecule has 2 aromatic heterocycles. The first-order valence-corrected chi connectivity index (χ1v) is 9.17. The predicted molar refractivity (Wildman–Crippen MR) is 103 cm³/mol. The maximum Gasteiger partial charge on any atom is 0.407 e. The number of hydrogen-bond donors (Lipinski definition) is 2. The number of aromatic nitrogens is 4. The molecule has 1 aliphatic heterocycles. The maximum atomic E-state index is 12.4. The third kappa shape index (κ3) is 4.23. The van der Waals surface area contributed by atoms with Crippen LogP contribution in [0.5, 0.6) is 0 Å². The van der Waals surface area contributed by atoms with Crippen molar-refractivity contribution in [3.63, 3.8) is 0 Å². The van der Waals surface area contributed by atoms with Crippen LogP contribution in [0.15, 0.2) is 11.0 Å². The van der Waals surface area contributed by atoms with Crippen molar-refractivity contribution >= 4 is 23.1 Å². The minimum atomic E-state index is -0.536. The SMILES string of the molecule is CC(C)(C)OC(=O)NC1CCN(c2nc3c(cnn3C(C)(C)C)c(=O)[nH]2)C1. The first kappa shape index (κ1) is 19.2. The van der Waals surface area contributed by atoms with Crippen LogP contribution < -0.4 is 15.8 Å². The summed E-state index contributed by atoms with van der Waals surface area (Å²) in [7, 11) is 0. The van der Waals surface area contributed by atoms with E-state index in [2.05, 4.69) is 20.4 Å². The highest BCUT2D eigenvalue weighted by molar-refractivity contribution is 5.75. The molecule has 27 heavy (non-hydrogen) atoms. The Hall–Kier alpha value is -2.58. The van der Waals surface area contributed by atoms with E-state index in [1.807, 2.05) is 46.4 Å². The fourth-order valence-corrected chi connectivity index (χ4v) is 3.09. The molecule has 1 amide bonds. The third-order valence-corrected chi connectivity index (χ3v) is 4.27. The molecule has 148 valence electrons. The number of rotatable bonds is 2. The molecule has 2 N–H and O–H groups in total. The molecule has 2 aromatic rings. The van der Waals surface area contributed by atoms with E-state index in [4.69, 9.17) is 4.74 Å². The molecular weight excluding hydrogens is 348 g/mol. The zero-order chi connectivity index (χ0) is 20.0. The van der Waals surface area contributed by atoms with Gasteiger partial charge in [-0.2, -0.15) is 10.1 Å². The summed E-state index contributed by atoms with van der Waals surface area (Å²) in [4.78, 5) is 33.9. The molecule has 0 aromatic carbocycles. The summed E-state index contributed by atoms with van der Waals surface area (Å²) in [5.41, 5.74) is -0.476. The number of nitrogens with zero attached hydrogens (tertiary/aromatic N) is 4. The van der Waals surface area contributed by atoms with Crippen LogP contribution in [0.4, 0.5) is 10.7 Å². The summed E-state index contributed by atoms with van der Waals surface area (Å²) >= 11 is 0. The lowest BCUT2D eigenvalue weighted by Crippen LogP contribution is -2.40. The molecule has 0 aliphatic carbocycles. The number of hydrogen-bond acceptors (Lipinski definition) is 6. The number of alkyl carbamates (subject to hydrolysis) is 1. The quantitative estimate of drug-likeness (QED) is 0.830. The number of amides is 1. The number of H-pyrrole nitrogens is 1. The summed E-state index contributed by atoms with van der Waals surface area (Å²) in [6.45, 7) is 12.8. The van der Waals surface area contributed by atoms with Crippen molar-refractivity contribution in [2.24, 2.45) is 0 Å². The highest BCUT2D eigenvalue weighted by atomic mass is 16.6. The highest BCUT2D eigenvalue weighted by Crippen LogP contribution is 2.21. The lowest BCUT2D eigenvalue weighted by Gasteiger charge is -2.22. The summed E-state index contributed by atoms with van der Waals surface area (Å²) in [6.07, 6.45) is 1.86. The molecule has 1 aliphatic rings. The summed E-state index contributed by atoms with van der Waals surface area (Å²) < 4.78 is 7.06. The smallest absolute Gasteiger partial charge is 0.407 e. The van der Waals surface area contributed by atoms with Crippen molar-refractivity contribution in [3.8, 4) is 0 Å². The van der Waals surface area contributed by atoms with Gasteiger partial charge in [0.1, 0.15) is 11.0 Å². The molecular formula is C18H28N6O3. The lowest BCUT2D eigenvalue weighted by atomic mass is 10.1. The molecule has 1 unspecified atom stereocenters. The highest BCUT2D eigenvalue weighted by Gasteiger charge is 2.28. The molecule has 0 radical (unpaired) electrons. The maximum absolute atomic E-state index is 12.4. The van der Waals surface area contributed by atoms with Crippen LogP contribution in [0.1, 0.15) is 48.0 Å². The summed E-state index contributed by atoms with van der Waals surface area (Å²) in [5.74, 6) is 0.493. The van der Waals surface area contributed by atoms with Crippen molar-refractivity contribution in [3.05, 3.63) is 16.6 Å². The van der Waals surface area contributed by atoms with Crippen molar-refractivity contribution in [1.82, 2.24) is 25.1 Å². The van der Waals surface area contributed by atoms with Crippen LogP contribution in [-0.2, 0) is 10.3 Å². The normalized spacial score (nSPS) is 18.1. The Balaban J connectivity index is 1.79. The number of anilines is 1. The predicted octanol–water partition coefficient (Wildman–Crippen LogP) is 1.98. The Morgan fingerprint density at radius 2 is 2.00 bits per heavy atom. The van der Waals surface area contributed by atoms with Crippen molar-refractivity contribution in [2.75, 3.05) is 18.0 Å². The van der Waals surface area contributed by atoms with Gasteiger partial charge in [-0.15, -0.1) is 0 Å². The average Bonchev–Trinajstić information content (AvgIpc) is 3.10. The molecule has 0 spiro atoms. The fraction of sp³-hybridized carbons (Fsp3) is 0.667. The van der Waals surface area contributed by atoms with Crippen LogP contribution >= 0.6 is 0 Å². The number of fused-ring (bicyclic) bond motifs is 1. The van der Waals surface area contributed by atoms with Crippen molar-refractivity contribution < 1.29 is 9.53 Å². The van der Waals surface area contributed by atoms with Gasteiger partial charge in [-0.05, 0) is 48.0 Å². The van der Waals surface area contributed by atoms with Crippen LogP contribution in [0.2, 0.25) is 0 Å². The van der Waals surface area contributed by atoms with Gasteiger partial charge in [-0.3, -0.25) is 9.78 Å². The number of ether oxygens (including phenoxy) is 1. The molecule has 1 fully saturated rings. The van der Waals surface area contributed by atoms with E-state index < -0.39 is 11.7 Å². The molecule has 9 nitrogen and oxygen atoms in total. The van der Waals surface area contributed by atoms with Gasteiger partial charge in [0.25, 0.3) is 5.56 Å². The number of nitrogens with one attached hydrogen (secondary N) is 2. The third-order valence-electron chi connectivity index (χ3n) is 4.27. The molecule has 3 rings (SSSR count). The summed E-state index contributed by atoms with van der Waals surface area (Å²) in [5, 5.41) is 7.67. The molecule has 1 atom stereocenters. The number of carbonyl (C=O) groups excluding carboxylic acids is 1. The molecule has 0 bridgehead atoms. The first-order valence-electron chi connectivity index (χ1n) is 9.17. The van der Waals surface area contributed by atoms with Gasteiger partial charge < -0.3 is 15.0 Å². The van der Waals surface area contributed by atoms with Gasteiger partial charge in [-0.25, -0.2) is 9.48 Å². The zero-order valence-corrected chi connectivity index (χ0v) is 16.8. The second kappa shape index (κ2) is 6.54. The summed E-state index contributed by atoms with van der Waals surface area (Å²) in [6, 6.07) is -0.0617. The minimum Gasteiger partial charge on any atom is -0.444 e. The van der Waals surface area contributed by atoms with E-state index in [1.54, 1.807) is 10.9 Å². The monoisotopic (exact) mass is 376 g/mol. The van der Waals surface area contributed by atoms with Crippen LogP contribution in [0.3, 0.4) is 0 Å². The molecule has 9 heteroatoms. The Labute approximate surface area is 158 Å². The van der Waals surface area contributed by atoms with Crippen molar-refractivity contribution in [2.45, 2.75) is 65.1 Å². The van der Waals surface area contributed by atoms with Crippen LogP contribution in [0.25, 0.3) is 11.0 Å². The Bertz CT molecular complexity index is 902. The standard InChI is InChI=1S/C18H28N6O3/c1-17(2,3)24-13-12(9-19-24)14(25)22-15(21-13)23-8-7-11(10-23)20-16(26)27-18(4,5)6/h9,11H,7-8,10H2,1-6H3,(H,20,26)(H,21,22,25). The minimum absolute atomic E-state index is 0.0617. The van der Waals surface area contributed by atoms with Crippen molar-refractivity contribution in [1.29, 1.82) is 0 Å². The lowest BCUT2D eigenvalue weighted by molar-refractivity contribution is 0.0509. The fourth-order valence-electron chi connectivity index (χ4n) is 3.09. The number of aromatic amines is 1. The van der Waals surface area contributed by atoms with Gasteiger partial charge in [0, 0.05) is 13.1 Å². The van der Waals surface area contributed by atoms with Gasteiger partial charge in [0.05, 0.1) is 17.8 Å². The van der Waals surface area contributed by atoms with E-state index in [0.29, 0.717) is 30.1 Å². The van der Waals surface area contributed by atoms with E-state index in [9.17, 15) is 9.59 Å². The zero-order valence-electron chi connectivity index (χ0n) is 16.8. The largest absolute Gasteiger partial charge is 0.444 e. The first-order chi connectivity index (χ1) is 12.4. The second-order valence-electron chi connectivity index (χ2n) is 8.93.